The zero-order valence-electron chi connectivity index (χ0n) is 9.95. The second-order valence-corrected chi connectivity index (χ2v) is 5.33. The van der Waals surface area contributed by atoms with Gasteiger partial charge in [0.2, 0.25) is 0 Å². The number of aliphatic hydroxyl groups is 1. The SMILES string of the molecule is CCc1ccccc1C1(O)C2CCCCC21. The number of hydrogen-bond donors (Lipinski definition) is 1. The molecule has 0 radical (unpaired) electrons. The van der Waals surface area contributed by atoms with Gasteiger partial charge in [-0.3, -0.25) is 0 Å². The van der Waals surface area contributed by atoms with Gasteiger partial charge >= 0.3 is 0 Å². The van der Waals surface area contributed by atoms with Crippen LogP contribution in [0, 0.1) is 11.8 Å². The summed E-state index contributed by atoms with van der Waals surface area (Å²) < 4.78 is 0. The van der Waals surface area contributed by atoms with Crippen LogP contribution in [0.15, 0.2) is 24.3 Å². The van der Waals surface area contributed by atoms with E-state index in [1.165, 1.54) is 36.8 Å². The van der Waals surface area contributed by atoms with Crippen molar-refractivity contribution in [1.29, 1.82) is 0 Å². The standard InChI is InChI=1S/C15H20O/c1-2-11-7-3-4-8-12(11)15(16)13-9-5-6-10-14(13)15/h3-4,7-8,13-14,16H,2,5-6,9-10H2,1H3. The van der Waals surface area contributed by atoms with Crippen LogP contribution in [0.5, 0.6) is 0 Å². The van der Waals surface area contributed by atoms with Crippen LogP contribution in [0.3, 0.4) is 0 Å². The quantitative estimate of drug-likeness (QED) is 0.804. The lowest BCUT2D eigenvalue weighted by atomic mass is 9.96. The van der Waals surface area contributed by atoms with Gasteiger partial charge in [-0.1, -0.05) is 44.0 Å². The lowest BCUT2D eigenvalue weighted by Gasteiger charge is -2.15. The predicted molar refractivity (Wildman–Crippen MR) is 65.2 cm³/mol. The Kier molecular flexibility index (Phi) is 2.32. The van der Waals surface area contributed by atoms with Gasteiger partial charge in [-0.15, -0.1) is 0 Å². The van der Waals surface area contributed by atoms with Gasteiger partial charge in [0.15, 0.2) is 0 Å². The second-order valence-electron chi connectivity index (χ2n) is 5.33. The first-order valence-corrected chi connectivity index (χ1v) is 6.59. The maximum Gasteiger partial charge on any atom is 0.0962 e. The van der Waals surface area contributed by atoms with Gasteiger partial charge in [-0.2, -0.15) is 0 Å². The smallest absolute Gasteiger partial charge is 0.0962 e. The lowest BCUT2D eigenvalue weighted by molar-refractivity contribution is 0.117. The Bertz CT molecular complexity index is 384. The third kappa shape index (κ3) is 1.27. The molecule has 0 aromatic heterocycles. The number of fused-ring (bicyclic) bond motifs is 1. The minimum atomic E-state index is -0.469. The Morgan fingerprint density at radius 3 is 2.44 bits per heavy atom. The normalized spacial score (nSPS) is 36.9. The molecule has 1 aromatic carbocycles. The van der Waals surface area contributed by atoms with Crippen molar-refractivity contribution in [3.63, 3.8) is 0 Å². The van der Waals surface area contributed by atoms with Gasteiger partial charge in [-0.25, -0.2) is 0 Å². The maximum atomic E-state index is 10.9. The van der Waals surface area contributed by atoms with Crippen LogP contribution in [0.4, 0.5) is 0 Å². The van der Waals surface area contributed by atoms with Crippen molar-refractivity contribution in [1.82, 2.24) is 0 Å². The minimum Gasteiger partial charge on any atom is -0.385 e. The van der Waals surface area contributed by atoms with E-state index in [1.807, 2.05) is 0 Å². The fourth-order valence-electron chi connectivity index (χ4n) is 3.71. The highest BCUT2D eigenvalue weighted by Crippen LogP contribution is 2.64. The lowest BCUT2D eigenvalue weighted by Crippen LogP contribution is -2.13. The molecule has 2 unspecified atom stereocenters. The zero-order valence-corrected chi connectivity index (χ0v) is 9.95. The molecular weight excluding hydrogens is 196 g/mol. The molecule has 0 spiro atoms. The van der Waals surface area contributed by atoms with E-state index in [1.54, 1.807) is 0 Å². The molecule has 0 aliphatic heterocycles. The fourth-order valence-corrected chi connectivity index (χ4v) is 3.71. The van der Waals surface area contributed by atoms with E-state index in [0.717, 1.165) is 6.42 Å². The molecule has 0 bridgehead atoms. The first kappa shape index (κ1) is 10.3. The van der Waals surface area contributed by atoms with Crippen LogP contribution >= 0.6 is 0 Å². The van der Waals surface area contributed by atoms with Crippen molar-refractivity contribution in [3.8, 4) is 0 Å². The average Bonchev–Trinajstić information content (AvgIpc) is 2.97. The van der Waals surface area contributed by atoms with Crippen molar-refractivity contribution < 1.29 is 5.11 Å². The number of benzene rings is 1. The van der Waals surface area contributed by atoms with Crippen molar-refractivity contribution >= 4 is 0 Å². The summed E-state index contributed by atoms with van der Waals surface area (Å²) in [6, 6.07) is 8.45. The Morgan fingerprint density at radius 1 is 1.19 bits per heavy atom. The molecule has 1 nitrogen and oxygen atoms in total. The van der Waals surface area contributed by atoms with E-state index >= 15 is 0 Å². The molecule has 0 saturated heterocycles. The summed E-state index contributed by atoms with van der Waals surface area (Å²) in [5.74, 6) is 1.10. The summed E-state index contributed by atoms with van der Waals surface area (Å²) in [5.41, 5.74) is 2.08. The van der Waals surface area contributed by atoms with Crippen LogP contribution in [-0.4, -0.2) is 5.11 Å². The summed E-state index contributed by atoms with van der Waals surface area (Å²) in [6.45, 7) is 2.17. The molecule has 2 atom stereocenters. The molecule has 3 rings (SSSR count). The van der Waals surface area contributed by atoms with E-state index in [-0.39, 0.29) is 0 Å². The topological polar surface area (TPSA) is 20.2 Å². The van der Waals surface area contributed by atoms with Gasteiger partial charge in [0.1, 0.15) is 0 Å². The van der Waals surface area contributed by atoms with Crippen LogP contribution in [0.25, 0.3) is 0 Å². The molecule has 0 amide bonds. The van der Waals surface area contributed by atoms with Crippen molar-refractivity contribution in [2.75, 3.05) is 0 Å². The highest BCUT2D eigenvalue weighted by molar-refractivity contribution is 5.39. The Hall–Kier alpha value is -0.820. The van der Waals surface area contributed by atoms with Crippen molar-refractivity contribution in [2.24, 2.45) is 11.8 Å². The van der Waals surface area contributed by atoms with Crippen LogP contribution in [0.2, 0.25) is 0 Å². The maximum absolute atomic E-state index is 10.9. The molecule has 2 aliphatic carbocycles. The fraction of sp³-hybridized carbons (Fsp3) is 0.600. The molecule has 86 valence electrons. The van der Waals surface area contributed by atoms with Crippen molar-refractivity contribution in [3.05, 3.63) is 35.4 Å². The second kappa shape index (κ2) is 3.59. The summed E-state index contributed by atoms with van der Waals surface area (Å²) in [5, 5.41) is 10.9. The summed E-state index contributed by atoms with van der Waals surface area (Å²) in [7, 11) is 0. The summed E-state index contributed by atoms with van der Waals surface area (Å²) in [4.78, 5) is 0. The Labute approximate surface area is 97.5 Å². The summed E-state index contributed by atoms with van der Waals surface area (Å²) in [6.07, 6.45) is 6.08. The molecule has 1 heteroatoms. The van der Waals surface area contributed by atoms with E-state index in [4.69, 9.17) is 0 Å². The van der Waals surface area contributed by atoms with E-state index in [9.17, 15) is 5.11 Å². The van der Waals surface area contributed by atoms with Crippen LogP contribution in [0.1, 0.15) is 43.7 Å². The molecular formula is C15H20O. The number of rotatable bonds is 2. The van der Waals surface area contributed by atoms with Gasteiger partial charge in [0.25, 0.3) is 0 Å². The molecule has 2 fully saturated rings. The van der Waals surface area contributed by atoms with Crippen molar-refractivity contribution in [2.45, 2.75) is 44.6 Å². The number of aryl methyl sites for hydroxylation is 1. The van der Waals surface area contributed by atoms with E-state index < -0.39 is 5.60 Å². The Balaban J connectivity index is 1.98. The van der Waals surface area contributed by atoms with Gasteiger partial charge in [0, 0.05) is 0 Å². The van der Waals surface area contributed by atoms with Crippen LogP contribution < -0.4 is 0 Å². The highest BCUT2D eigenvalue weighted by atomic mass is 16.3. The van der Waals surface area contributed by atoms with Gasteiger partial charge < -0.3 is 5.11 Å². The third-order valence-corrected chi connectivity index (χ3v) is 4.62. The Morgan fingerprint density at radius 2 is 1.81 bits per heavy atom. The first-order chi connectivity index (χ1) is 7.78. The minimum absolute atomic E-state index is 0.469. The molecule has 1 aromatic rings. The molecule has 2 aliphatic rings. The molecule has 1 N–H and O–H groups in total. The monoisotopic (exact) mass is 216 g/mol. The summed E-state index contributed by atoms with van der Waals surface area (Å²) >= 11 is 0. The highest BCUT2D eigenvalue weighted by Gasteiger charge is 2.64. The van der Waals surface area contributed by atoms with E-state index in [2.05, 4.69) is 31.2 Å². The zero-order chi connectivity index (χ0) is 11.2. The largest absolute Gasteiger partial charge is 0.385 e. The molecule has 16 heavy (non-hydrogen) atoms. The average molecular weight is 216 g/mol. The molecule has 2 saturated carbocycles. The van der Waals surface area contributed by atoms with Gasteiger partial charge in [0.05, 0.1) is 5.60 Å². The van der Waals surface area contributed by atoms with Crippen LogP contribution in [-0.2, 0) is 12.0 Å². The van der Waals surface area contributed by atoms with Gasteiger partial charge in [-0.05, 0) is 42.2 Å². The third-order valence-electron chi connectivity index (χ3n) is 4.62. The first-order valence-electron chi connectivity index (χ1n) is 6.59. The number of hydrogen-bond acceptors (Lipinski definition) is 1. The molecule has 0 heterocycles. The van der Waals surface area contributed by atoms with E-state index in [0.29, 0.717) is 11.8 Å². The predicted octanol–water partition coefficient (Wildman–Crippen LogP) is 3.26.